The number of hydrogen-bond donors (Lipinski definition) is 1. The van der Waals surface area contributed by atoms with Crippen LogP contribution in [0, 0.1) is 23.2 Å². The summed E-state index contributed by atoms with van der Waals surface area (Å²) in [7, 11) is -2.05. The zero-order chi connectivity index (χ0) is 23.8. The number of nitrogens with one attached hydrogen (secondary N) is 1. The van der Waals surface area contributed by atoms with Crippen molar-refractivity contribution in [3.63, 3.8) is 0 Å². The molecule has 3 fully saturated rings. The molecular formula is C26H35BrN2O3S. The number of amides is 1. The van der Waals surface area contributed by atoms with Gasteiger partial charge in [0.05, 0.1) is 4.83 Å². The van der Waals surface area contributed by atoms with Crippen LogP contribution < -0.4 is 5.32 Å². The molecule has 0 heterocycles. The smallest absolute Gasteiger partial charge is 0.250 e. The molecule has 33 heavy (non-hydrogen) atoms. The number of nitrogens with zero attached hydrogens (tertiary/aromatic N) is 1. The summed E-state index contributed by atoms with van der Waals surface area (Å²) in [5, 5.41) is 2.24. The Hall–Kier alpha value is -1.44. The molecule has 4 unspecified atom stereocenters. The Morgan fingerprint density at radius 1 is 1.18 bits per heavy atom. The standard InChI is InChI=1S/C26H35BrN2O3S/c1-26(2)21-12-19(13-22(26)15-21)16-28-25(30)20-10-11-23(27)24(14-20)33(31,32)29(3)17-18-8-6-4-5-7-9-18/h4-6,8-11,14,19,21-24H,7,12-13,15-17H2,1-3H3,(H,28,30)/t19?,21-,22?,23?,24?/m0/s1. The van der Waals surface area contributed by atoms with Crippen LogP contribution in [-0.4, -0.2) is 48.8 Å². The lowest BCUT2D eigenvalue weighted by molar-refractivity contribution is -0.118. The molecule has 0 aliphatic heterocycles. The third-order valence-corrected chi connectivity index (χ3v) is 11.4. The molecule has 0 spiro atoms. The van der Waals surface area contributed by atoms with Crippen LogP contribution in [0.15, 0.2) is 59.8 Å². The van der Waals surface area contributed by atoms with Crippen LogP contribution >= 0.6 is 15.9 Å². The minimum Gasteiger partial charge on any atom is -0.352 e. The van der Waals surface area contributed by atoms with Gasteiger partial charge in [0.25, 0.3) is 5.91 Å². The molecule has 0 aromatic heterocycles. The van der Waals surface area contributed by atoms with Crippen LogP contribution in [-0.2, 0) is 14.8 Å². The number of carbonyl (C=O) groups is 1. The number of halogens is 1. The number of hydrogen-bond acceptors (Lipinski definition) is 3. The summed E-state index contributed by atoms with van der Waals surface area (Å²) in [6, 6.07) is 0. The minimum absolute atomic E-state index is 0.188. The van der Waals surface area contributed by atoms with E-state index in [1.54, 1.807) is 25.3 Å². The number of likely N-dealkylation sites (N-methyl/N-ethyl adjacent to an activating group) is 1. The van der Waals surface area contributed by atoms with Gasteiger partial charge in [-0.3, -0.25) is 4.79 Å². The first-order valence-corrected chi connectivity index (χ1v) is 14.3. The first kappa shape index (κ1) is 24.7. The molecule has 0 aromatic rings. The summed E-state index contributed by atoms with van der Waals surface area (Å²) < 4.78 is 28.1. The molecule has 180 valence electrons. The van der Waals surface area contributed by atoms with Crippen LogP contribution in [0.2, 0.25) is 0 Å². The third kappa shape index (κ3) is 5.15. The molecular weight excluding hydrogens is 500 g/mol. The van der Waals surface area contributed by atoms with Gasteiger partial charge in [0.15, 0.2) is 0 Å². The largest absolute Gasteiger partial charge is 0.352 e. The molecule has 1 N–H and O–H groups in total. The maximum Gasteiger partial charge on any atom is 0.250 e. The zero-order valence-electron chi connectivity index (χ0n) is 19.7. The zero-order valence-corrected chi connectivity index (χ0v) is 22.1. The predicted octanol–water partition coefficient (Wildman–Crippen LogP) is 4.51. The Balaban J connectivity index is 1.38. The summed E-state index contributed by atoms with van der Waals surface area (Å²) in [5.41, 5.74) is 1.83. The van der Waals surface area contributed by atoms with Crippen LogP contribution in [0.5, 0.6) is 0 Å². The number of sulfonamides is 1. The van der Waals surface area contributed by atoms with Crippen LogP contribution in [0.25, 0.3) is 0 Å². The van der Waals surface area contributed by atoms with E-state index in [0.29, 0.717) is 30.0 Å². The van der Waals surface area contributed by atoms with E-state index in [4.69, 9.17) is 0 Å². The summed E-state index contributed by atoms with van der Waals surface area (Å²) in [6.45, 7) is 5.70. The molecule has 5 aliphatic carbocycles. The average molecular weight is 536 g/mol. The van der Waals surface area contributed by atoms with Gasteiger partial charge < -0.3 is 5.32 Å². The summed E-state index contributed by atoms with van der Waals surface area (Å²) >= 11 is 3.49. The fourth-order valence-corrected chi connectivity index (χ4v) is 8.26. The lowest BCUT2D eigenvalue weighted by Crippen LogP contribution is -2.52. The quantitative estimate of drug-likeness (QED) is 0.488. The van der Waals surface area contributed by atoms with Crippen molar-refractivity contribution in [1.82, 2.24) is 9.62 Å². The Labute approximate surface area is 206 Å². The highest BCUT2D eigenvalue weighted by atomic mass is 79.9. The summed E-state index contributed by atoms with van der Waals surface area (Å²) in [6.07, 6.45) is 19.4. The van der Waals surface area contributed by atoms with Crippen molar-refractivity contribution >= 4 is 31.9 Å². The second-order valence-corrected chi connectivity index (χ2v) is 13.7. The van der Waals surface area contributed by atoms with E-state index in [2.05, 4.69) is 35.1 Å². The topological polar surface area (TPSA) is 66.5 Å². The van der Waals surface area contributed by atoms with Crippen molar-refractivity contribution in [1.29, 1.82) is 0 Å². The molecule has 5 aliphatic rings. The Morgan fingerprint density at radius 2 is 1.91 bits per heavy atom. The molecule has 1 amide bonds. The normalized spacial score (nSPS) is 32.6. The van der Waals surface area contributed by atoms with Gasteiger partial charge in [-0.05, 0) is 54.4 Å². The van der Waals surface area contributed by atoms with Gasteiger partial charge >= 0.3 is 0 Å². The second kappa shape index (κ2) is 9.67. The molecule has 7 heteroatoms. The molecule has 2 bridgehead atoms. The van der Waals surface area contributed by atoms with Crippen LogP contribution in [0.4, 0.5) is 0 Å². The van der Waals surface area contributed by atoms with Gasteiger partial charge in [0.2, 0.25) is 10.0 Å². The Kier molecular flexibility index (Phi) is 7.23. The van der Waals surface area contributed by atoms with E-state index in [-0.39, 0.29) is 10.7 Å². The van der Waals surface area contributed by atoms with Crippen molar-refractivity contribution in [2.45, 2.75) is 49.6 Å². The lowest BCUT2D eigenvalue weighted by Gasteiger charge is -2.59. The number of carbonyl (C=O) groups excluding carboxylic acids is 1. The SMILES string of the molecule is CN(CC1=CCC=CC=C1)S(=O)(=O)C1C=C(C(=O)NCC2CC3C[C@H](C2)C3(C)C)C=CC1Br. The fourth-order valence-electron chi connectivity index (χ4n) is 5.66. The van der Waals surface area contributed by atoms with Gasteiger partial charge in [-0.2, -0.15) is 0 Å². The first-order chi connectivity index (χ1) is 15.6. The Morgan fingerprint density at radius 3 is 2.61 bits per heavy atom. The summed E-state index contributed by atoms with van der Waals surface area (Å²) in [5.74, 6) is 1.86. The molecule has 5 rings (SSSR count). The number of allylic oxidation sites excluding steroid dienone is 5. The highest BCUT2D eigenvalue weighted by Crippen LogP contribution is 2.60. The molecule has 0 radical (unpaired) electrons. The highest BCUT2D eigenvalue weighted by molar-refractivity contribution is 9.09. The van der Waals surface area contributed by atoms with Crippen LogP contribution in [0.1, 0.15) is 39.5 Å². The minimum atomic E-state index is -3.66. The summed E-state index contributed by atoms with van der Waals surface area (Å²) in [4.78, 5) is 12.5. The lowest BCUT2D eigenvalue weighted by atomic mass is 9.47. The maximum absolute atomic E-state index is 13.3. The highest BCUT2D eigenvalue weighted by Gasteiger charge is 2.52. The predicted molar refractivity (Wildman–Crippen MR) is 137 cm³/mol. The number of alkyl halides is 1. The molecule has 0 aromatic carbocycles. The van der Waals surface area contributed by atoms with Crippen molar-refractivity contribution in [2.24, 2.45) is 23.2 Å². The van der Waals surface area contributed by atoms with Crippen molar-refractivity contribution in [2.75, 3.05) is 20.1 Å². The molecule has 5 nitrogen and oxygen atoms in total. The fraction of sp³-hybridized carbons (Fsp3) is 0.577. The van der Waals surface area contributed by atoms with Gasteiger partial charge in [-0.1, -0.05) is 78.4 Å². The van der Waals surface area contributed by atoms with Crippen molar-refractivity contribution in [3.8, 4) is 0 Å². The van der Waals surface area contributed by atoms with E-state index < -0.39 is 15.3 Å². The van der Waals surface area contributed by atoms with E-state index >= 15 is 0 Å². The van der Waals surface area contributed by atoms with Crippen molar-refractivity contribution < 1.29 is 13.2 Å². The number of rotatable bonds is 7. The van der Waals surface area contributed by atoms with E-state index in [0.717, 1.165) is 23.8 Å². The third-order valence-electron chi connectivity index (χ3n) is 8.10. The Bertz CT molecular complexity index is 1020. The average Bonchev–Trinajstić information content (AvgIpc) is 3.06. The second-order valence-electron chi connectivity index (χ2n) is 10.5. The van der Waals surface area contributed by atoms with Gasteiger partial charge in [0.1, 0.15) is 5.25 Å². The van der Waals surface area contributed by atoms with Gasteiger partial charge in [0, 0.05) is 25.7 Å². The molecule has 0 saturated heterocycles. The van der Waals surface area contributed by atoms with Gasteiger partial charge in [-0.25, -0.2) is 12.7 Å². The molecule has 3 saturated carbocycles. The van der Waals surface area contributed by atoms with Crippen molar-refractivity contribution in [3.05, 3.63) is 59.8 Å². The maximum atomic E-state index is 13.3. The van der Waals surface area contributed by atoms with E-state index in [1.165, 1.54) is 23.6 Å². The van der Waals surface area contributed by atoms with Gasteiger partial charge in [-0.15, -0.1) is 0 Å². The monoisotopic (exact) mass is 534 g/mol. The van der Waals surface area contributed by atoms with Crippen LogP contribution in [0.3, 0.4) is 0 Å². The van der Waals surface area contributed by atoms with E-state index in [9.17, 15) is 13.2 Å². The number of fused-ring (bicyclic) bond motifs is 2. The molecule has 5 atom stereocenters. The van der Waals surface area contributed by atoms with E-state index in [1.807, 2.05) is 30.4 Å². The first-order valence-electron chi connectivity index (χ1n) is 11.9.